The van der Waals surface area contributed by atoms with Crippen LogP contribution in [0, 0.1) is 11.3 Å². The second-order valence-electron chi connectivity index (χ2n) is 8.36. The van der Waals surface area contributed by atoms with E-state index in [1.54, 1.807) is 0 Å². The van der Waals surface area contributed by atoms with Crippen molar-refractivity contribution in [1.82, 2.24) is 4.98 Å². The highest BCUT2D eigenvalue weighted by molar-refractivity contribution is 8.00. The molecule has 5 heteroatoms. The van der Waals surface area contributed by atoms with Gasteiger partial charge in [-0.15, -0.1) is 0 Å². The number of amides is 1. The fourth-order valence-electron chi connectivity index (χ4n) is 4.73. The fourth-order valence-corrected chi connectivity index (χ4v) is 5.76. The van der Waals surface area contributed by atoms with Gasteiger partial charge in [0.2, 0.25) is 5.91 Å². The minimum absolute atomic E-state index is 0.0467. The molecule has 2 aromatic carbocycles. The van der Waals surface area contributed by atoms with Crippen molar-refractivity contribution in [3.05, 3.63) is 82.5 Å². The molecule has 1 amide bonds. The zero-order valence-electron chi connectivity index (χ0n) is 18.2. The van der Waals surface area contributed by atoms with E-state index in [-0.39, 0.29) is 11.2 Å². The lowest BCUT2D eigenvalue weighted by molar-refractivity contribution is -0.117. The number of pyridine rings is 1. The number of hydrogen-bond donors (Lipinski definition) is 0. The Balaban J connectivity index is 1.54. The van der Waals surface area contributed by atoms with Gasteiger partial charge in [-0.25, -0.2) is 4.98 Å². The van der Waals surface area contributed by atoms with Gasteiger partial charge in [0.15, 0.2) is 0 Å². The number of rotatable bonds is 4. The van der Waals surface area contributed by atoms with Crippen molar-refractivity contribution >= 4 is 29.0 Å². The zero-order chi connectivity index (χ0) is 22.1. The Kier molecular flexibility index (Phi) is 5.71. The van der Waals surface area contributed by atoms with Gasteiger partial charge in [0, 0.05) is 5.69 Å². The van der Waals surface area contributed by atoms with Crippen LogP contribution in [0.2, 0.25) is 0 Å². The molecule has 0 radical (unpaired) electrons. The molecule has 1 aliphatic carbocycles. The molecule has 4 nitrogen and oxygen atoms in total. The lowest BCUT2D eigenvalue weighted by Gasteiger charge is -2.28. The van der Waals surface area contributed by atoms with E-state index in [0.717, 1.165) is 49.2 Å². The Labute approximate surface area is 193 Å². The van der Waals surface area contributed by atoms with E-state index >= 15 is 0 Å². The molecule has 2 aliphatic rings. The Morgan fingerprint density at radius 2 is 1.69 bits per heavy atom. The van der Waals surface area contributed by atoms with Gasteiger partial charge in [-0.3, -0.25) is 9.69 Å². The third kappa shape index (κ3) is 3.69. The van der Waals surface area contributed by atoms with Crippen molar-refractivity contribution in [1.29, 1.82) is 5.26 Å². The predicted molar refractivity (Wildman–Crippen MR) is 128 cm³/mol. The lowest BCUT2D eigenvalue weighted by atomic mass is 10.0. The standard InChI is InChI=1S/C27H25N3OS/c1-2-25(32-26-21(17-28)16-20-10-7-11-22(20)29-26)27(31)30-23-12-5-3-8-18(23)14-15-19-9-4-6-13-24(19)30/h3-6,8-9,12-13,16,25H,2,7,10-11,14-15H2,1H3. The molecule has 1 unspecified atom stereocenters. The molecule has 0 fully saturated rings. The molecule has 1 atom stereocenters. The molecular formula is C27H25N3OS. The van der Waals surface area contributed by atoms with Crippen LogP contribution in [0.15, 0.2) is 59.6 Å². The van der Waals surface area contributed by atoms with Crippen molar-refractivity contribution in [2.24, 2.45) is 0 Å². The van der Waals surface area contributed by atoms with E-state index in [1.165, 1.54) is 28.5 Å². The van der Waals surface area contributed by atoms with Crippen molar-refractivity contribution in [3.8, 4) is 6.07 Å². The second kappa shape index (κ2) is 8.80. The summed E-state index contributed by atoms with van der Waals surface area (Å²) in [7, 11) is 0. The van der Waals surface area contributed by atoms with Gasteiger partial charge < -0.3 is 0 Å². The molecule has 160 valence electrons. The molecule has 0 bridgehead atoms. The number of anilines is 2. The highest BCUT2D eigenvalue weighted by Gasteiger charge is 2.32. The number of thioether (sulfide) groups is 1. The van der Waals surface area contributed by atoms with Gasteiger partial charge in [-0.1, -0.05) is 55.1 Å². The number of fused-ring (bicyclic) bond motifs is 3. The lowest BCUT2D eigenvalue weighted by Crippen LogP contribution is -2.34. The first-order valence-corrected chi connectivity index (χ1v) is 12.2. The first-order valence-electron chi connectivity index (χ1n) is 11.3. The number of para-hydroxylation sites is 2. The Bertz CT molecular complexity index is 1180. The zero-order valence-corrected chi connectivity index (χ0v) is 19.0. The summed E-state index contributed by atoms with van der Waals surface area (Å²) in [5.74, 6) is 0.0467. The van der Waals surface area contributed by atoms with Crippen LogP contribution in [-0.2, 0) is 30.5 Å². The Morgan fingerprint density at radius 1 is 1.03 bits per heavy atom. The average molecular weight is 440 g/mol. The summed E-state index contributed by atoms with van der Waals surface area (Å²) in [5, 5.41) is 10.1. The molecular weight excluding hydrogens is 414 g/mol. The minimum Gasteiger partial charge on any atom is -0.280 e. The van der Waals surface area contributed by atoms with Crippen molar-refractivity contribution in [3.63, 3.8) is 0 Å². The van der Waals surface area contributed by atoms with Gasteiger partial charge in [0.05, 0.1) is 22.2 Å². The first kappa shape index (κ1) is 20.8. The minimum atomic E-state index is -0.326. The third-order valence-electron chi connectivity index (χ3n) is 6.39. The van der Waals surface area contributed by atoms with Crippen LogP contribution in [-0.4, -0.2) is 16.1 Å². The van der Waals surface area contributed by atoms with E-state index in [9.17, 15) is 10.1 Å². The van der Waals surface area contributed by atoms with Gasteiger partial charge in [0.1, 0.15) is 11.1 Å². The third-order valence-corrected chi connectivity index (χ3v) is 7.74. The molecule has 0 saturated heterocycles. The largest absolute Gasteiger partial charge is 0.280 e. The number of carbonyl (C=O) groups is 1. The van der Waals surface area contributed by atoms with Crippen molar-refractivity contribution in [2.45, 2.75) is 55.7 Å². The highest BCUT2D eigenvalue weighted by Crippen LogP contribution is 2.39. The molecule has 3 aromatic rings. The summed E-state index contributed by atoms with van der Waals surface area (Å²) < 4.78 is 0. The normalized spacial score (nSPS) is 15.2. The summed E-state index contributed by atoms with van der Waals surface area (Å²) in [6.07, 6.45) is 5.50. The van der Waals surface area contributed by atoms with Crippen LogP contribution in [0.25, 0.3) is 0 Å². The van der Waals surface area contributed by atoms with E-state index in [2.05, 4.69) is 18.2 Å². The van der Waals surface area contributed by atoms with E-state index in [1.807, 2.05) is 54.3 Å². The maximum atomic E-state index is 14.0. The number of carbonyl (C=O) groups excluding carboxylic acids is 1. The monoisotopic (exact) mass is 439 g/mol. The molecule has 0 spiro atoms. The summed E-state index contributed by atoms with van der Waals surface area (Å²) in [6, 6.07) is 20.7. The summed E-state index contributed by atoms with van der Waals surface area (Å²) in [5.41, 5.74) is 7.14. The summed E-state index contributed by atoms with van der Waals surface area (Å²) in [4.78, 5) is 20.8. The van der Waals surface area contributed by atoms with Crippen molar-refractivity contribution in [2.75, 3.05) is 4.90 Å². The van der Waals surface area contributed by atoms with Gasteiger partial charge in [-0.2, -0.15) is 5.26 Å². The van der Waals surface area contributed by atoms with Crippen LogP contribution < -0.4 is 4.90 Å². The summed E-state index contributed by atoms with van der Waals surface area (Å²) in [6.45, 7) is 2.03. The van der Waals surface area contributed by atoms with E-state index < -0.39 is 0 Å². The van der Waals surface area contributed by atoms with E-state index in [0.29, 0.717) is 17.0 Å². The van der Waals surface area contributed by atoms with Crippen LogP contribution in [0.3, 0.4) is 0 Å². The average Bonchev–Trinajstić information content (AvgIpc) is 3.22. The quantitative estimate of drug-likeness (QED) is 0.484. The maximum absolute atomic E-state index is 14.0. The predicted octanol–water partition coefficient (Wildman–Crippen LogP) is 5.78. The van der Waals surface area contributed by atoms with Crippen LogP contribution in [0.1, 0.15) is 47.7 Å². The highest BCUT2D eigenvalue weighted by atomic mass is 32.2. The number of aryl methyl sites for hydroxylation is 4. The smallest absolute Gasteiger partial charge is 0.245 e. The fraction of sp³-hybridized carbons (Fsp3) is 0.296. The van der Waals surface area contributed by atoms with Crippen LogP contribution >= 0.6 is 11.8 Å². The molecule has 1 aromatic heterocycles. The van der Waals surface area contributed by atoms with Gasteiger partial charge >= 0.3 is 0 Å². The number of hydrogen-bond acceptors (Lipinski definition) is 4. The number of aromatic nitrogens is 1. The first-order chi connectivity index (χ1) is 15.7. The summed E-state index contributed by atoms with van der Waals surface area (Å²) >= 11 is 1.44. The number of nitriles is 1. The molecule has 32 heavy (non-hydrogen) atoms. The molecule has 2 heterocycles. The molecule has 0 N–H and O–H groups in total. The number of benzene rings is 2. The van der Waals surface area contributed by atoms with Crippen LogP contribution in [0.5, 0.6) is 0 Å². The molecule has 5 rings (SSSR count). The van der Waals surface area contributed by atoms with Gasteiger partial charge in [-0.05, 0) is 73.4 Å². The number of nitrogens with zero attached hydrogens (tertiary/aromatic N) is 3. The van der Waals surface area contributed by atoms with Gasteiger partial charge in [0.25, 0.3) is 0 Å². The van der Waals surface area contributed by atoms with Crippen LogP contribution in [0.4, 0.5) is 11.4 Å². The Morgan fingerprint density at radius 3 is 2.31 bits per heavy atom. The van der Waals surface area contributed by atoms with E-state index in [4.69, 9.17) is 4.98 Å². The maximum Gasteiger partial charge on any atom is 0.245 e. The Hall–Kier alpha value is -3.10. The van der Waals surface area contributed by atoms with Crippen molar-refractivity contribution < 1.29 is 4.79 Å². The molecule has 1 aliphatic heterocycles. The topological polar surface area (TPSA) is 57.0 Å². The SMILES string of the molecule is CCC(Sc1nc2c(cc1C#N)CCC2)C(=O)N1c2ccccc2CCc2ccccc21. The second-order valence-corrected chi connectivity index (χ2v) is 9.55. The molecule has 0 saturated carbocycles.